The lowest BCUT2D eigenvalue weighted by atomic mass is 10.1. The topological polar surface area (TPSA) is 46.5 Å². The number of carbonyl (C=O) groups is 1. The Morgan fingerprint density at radius 2 is 2.06 bits per heavy atom. The third kappa shape index (κ3) is 4.06. The van der Waals surface area contributed by atoms with E-state index in [1.165, 1.54) is 6.42 Å². The van der Waals surface area contributed by atoms with E-state index in [2.05, 4.69) is 6.92 Å². The number of aliphatic carboxylic acids is 1. The Bertz CT molecular complexity index is 397. The van der Waals surface area contributed by atoms with Crippen LogP contribution >= 0.6 is 0 Å². The molecular weight excluding hydrogens is 228 g/mol. The van der Waals surface area contributed by atoms with Crippen LogP contribution in [-0.2, 0) is 11.2 Å². The van der Waals surface area contributed by atoms with Crippen molar-refractivity contribution in [3.63, 3.8) is 0 Å². The summed E-state index contributed by atoms with van der Waals surface area (Å²) in [4.78, 5) is 10.5. The van der Waals surface area contributed by atoms with Crippen molar-refractivity contribution >= 4 is 5.97 Å². The largest absolute Gasteiger partial charge is 0.494 e. The Balaban J connectivity index is 1.71. The van der Waals surface area contributed by atoms with Crippen LogP contribution in [0.4, 0.5) is 0 Å². The van der Waals surface area contributed by atoms with E-state index >= 15 is 0 Å². The van der Waals surface area contributed by atoms with Crippen LogP contribution in [0.25, 0.3) is 0 Å². The van der Waals surface area contributed by atoms with Crippen molar-refractivity contribution in [2.45, 2.75) is 32.6 Å². The van der Waals surface area contributed by atoms with E-state index in [9.17, 15) is 4.79 Å². The van der Waals surface area contributed by atoms with E-state index in [1.807, 2.05) is 24.3 Å². The number of ether oxygens (including phenoxy) is 1. The summed E-state index contributed by atoms with van der Waals surface area (Å²) in [5.74, 6) is 1.86. The van der Waals surface area contributed by atoms with Gasteiger partial charge in [0.05, 0.1) is 6.61 Å². The Morgan fingerprint density at radius 3 is 2.61 bits per heavy atom. The van der Waals surface area contributed by atoms with Gasteiger partial charge in [0.2, 0.25) is 0 Å². The maximum absolute atomic E-state index is 10.5. The van der Waals surface area contributed by atoms with E-state index in [0.717, 1.165) is 36.2 Å². The van der Waals surface area contributed by atoms with E-state index in [4.69, 9.17) is 9.84 Å². The molecule has 3 nitrogen and oxygen atoms in total. The standard InChI is InChI=1S/C15H20O3/c1-11-10-13(11)8-9-18-14-5-2-12(3-6-14)4-7-15(16)17/h2-3,5-6,11,13H,4,7-10H2,1H3,(H,16,17)/t11?,13-/m0/s1. The Morgan fingerprint density at radius 1 is 1.39 bits per heavy atom. The molecule has 2 atom stereocenters. The number of aryl methyl sites for hydroxylation is 1. The maximum atomic E-state index is 10.5. The van der Waals surface area contributed by atoms with Crippen LogP contribution in [0.5, 0.6) is 5.75 Å². The molecule has 18 heavy (non-hydrogen) atoms. The number of carboxylic acid groups (broad SMARTS) is 1. The number of carboxylic acids is 1. The average molecular weight is 248 g/mol. The first kappa shape index (κ1) is 12.9. The molecule has 3 heteroatoms. The van der Waals surface area contributed by atoms with Gasteiger partial charge in [0, 0.05) is 6.42 Å². The minimum Gasteiger partial charge on any atom is -0.494 e. The van der Waals surface area contributed by atoms with Crippen molar-refractivity contribution in [2.75, 3.05) is 6.61 Å². The molecule has 1 aromatic carbocycles. The zero-order chi connectivity index (χ0) is 13.0. The van der Waals surface area contributed by atoms with Crippen LogP contribution in [0.15, 0.2) is 24.3 Å². The van der Waals surface area contributed by atoms with Crippen LogP contribution in [0.3, 0.4) is 0 Å². The lowest BCUT2D eigenvalue weighted by molar-refractivity contribution is -0.136. The van der Waals surface area contributed by atoms with Gasteiger partial charge < -0.3 is 9.84 Å². The molecule has 1 fully saturated rings. The lowest BCUT2D eigenvalue weighted by Gasteiger charge is -2.06. The molecule has 0 heterocycles. The third-order valence-corrected chi connectivity index (χ3v) is 3.58. The van der Waals surface area contributed by atoms with Crippen molar-refractivity contribution in [1.82, 2.24) is 0 Å². The molecule has 0 aromatic heterocycles. The third-order valence-electron chi connectivity index (χ3n) is 3.58. The van der Waals surface area contributed by atoms with Crippen LogP contribution in [0.1, 0.15) is 31.7 Å². The summed E-state index contributed by atoms with van der Waals surface area (Å²) in [7, 11) is 0. The summed E-state index contributed by atoms with van der Waals surface area (Å²) in [6, 6.07) is 7.73. The van der Waals surface area contributed by atoms with Crippen LogP contribution < -0.4 is 4.74 Å². The minimum atomic E-state index is -0.756. The highest BCUT2D eigenvalue weighted by molar-refractivity contribution is 5.67. The van der Waals surface area contributed by atoms with Crippen molar-refractivity contribution in [3.05, 3.63) is 29.8 Å². The highest BCUT2D eigenvalue weighted by Crippen LogP contribution is 2.40. The van der Waals surface area contributed by atoms with Gasteiger partial charge in [-0.15, -0.1) is 0 Å². The molecule has 1 unspecified atom stereocenters. The van der Waals surface area contributed by atoms with Crippen molar-refractivity contribution in [3.8, 4) is 5.75 Å². The van der Waals surface area contributed by atoms with E-state index in [0.29, 0.717) is 6.42 Å². The summed E-state index contributed by atoms with van der Waals surface area (Å²) in [5.41, 5.74) is 1.04. The molecule has 0 spiro atoms. The first-order valence-corrected chi connectivity index (χ1v) is 6.58. The van der Waals surface area contributed by atoms with Crippen LogP contribution in [0, 0.1) is 11.8 Å². The number of benzene rings is 1. The average Bonchev–Trinajstić information content (AvgIpc) is 3.04. The zero-order valence-electron chi connectivity index (χ0n) is 10.8. The van der Waals surface area contributed by atoms with Crippen LogP contribution in [-0.4, -0.2) is 17.7 Å². The van der Waals surface area contributed by atoms with E-state index in [1.54, 1.807) is 0 Å². The van der Waals surface area contributed by atoms with Crippen molar-refractivity contribution in [1.29, 1.82) is 0 Å². The van der Waals surface area contributed by atoms with Crippen molar-refractivity contribution in [2.24, 2.45) is 11.8 Å². The fourth-order valence-corrected chi connectivity index (χ4v) is 2.13. The predicted molar refractivity (Wildman–Crippen MR) is 69.8 cm³/mol. The summed E-state index contributed by atoms with van der Waals surface area (Å²) < 4.78 is 5.67. The van der Waals surface area contributed by atoms with Gasteiger partial charge in [0.15, 0.2) is 0 Å². The molecule has 1 aliphatic carbocycles. The molecule has 0 amide bonds. The monoisotopic (exact) mass is 248 g/mol. The van der Waals surface area contributed by atoms with Gasteiger partial charge in [0.25, 0.3) is 0 Å². The molecule has 0 bridgehead atoms. The number of hydrogen-bond acceptors (Lipinski definition) is 2. The lowest BCUT2D eigenvalue weighted by Crippen LogP contribution is -2.00. The second-order valence-corrected chi connectivity index (χ2v) is 5.15. The van der Waals surface area contributed by atoms with Gasteiger partial charge in [-0.05, 0) is 48.8 Å². The van der Waals surface area contributed by atoms with E-state index < -0.39 is 5.97 Å². The highest BCUT2D eigenvalue weighted by Gasteiger charge is 2.31. The predicted octanol–water partition coefficient (Wildman–Crippen LogP) is 3.13. The number of rotatable bonds is 7. The molecule has 2 rings (SSSR count). The fourth-order valence-electron chi connectivity index (χ4n) is 2.13. The van der Waals surface area contributed by atoms with Gasteiger partial charge in [-0.25, -0.2) is 0 Å². The fraction of sp³-hybridized carbons (Fsp3) is 0.533. The molecule has 0 radical (unpaired) electrons. The molecule has 0 aliphatic heterocycles. The Labute approximate surface area is 108 Å². The molecule has 1 N–H and O–H groups in total. The second-order valence-electron chi connectivity index (χ2n) is 5.15. The highest BCUT2D eigenvalue weighted by atomic mass is 16.5. The normalized spacial score (nSPS) is 21.6. The molecule has 98 valence electrons. The second kappa shape index (κ2) is 5.89. The summed E-state index contributed by atoms with van der Waals surface area (Å²) >= 11 is 0. The molecular formula is C15H20O3. The van der Waals surface area contributed by atoms with Crippen LogP contribution in [0.2, 0.25) is 0 Å². The summed E-state index contributed by atoms with van der Waals surface area (Å²) in [5, 5.41) is 8.60. The van der Waals surface area contributed by atoms with E-state index in [-0.39, 0.29) is 6.42 Å². The van der Waals surface area contributed by atoms with Gasteiger partial charge in [0.1, 0.15) is 5.75 Å². The maximum Gasteiger partial charge on any atom is 0.303 e. The first-order valence-electron chi connectivity index (χ1n) is 6.58. The Kier molecular flexibility index (Phi) is 4.24. The SMILES string of the molecule is CC1C[C@@H]1CCOc1ccc(CCC(=O)O)cc1. The quantitative estimate of drug-likeness (QED) is 0.806. The van der Waals surface area contributed by atoms with Gasteiger partial charge in [-0.1, -0.05) is 19.1 Å². The smallest absolute Gasteiger partial charge is 0.303 e. The zero-order valence-corrected chi connectivity index (χ0v) is 10.8. The van der Waals surface area contributed by atoms with Gasteiger partial charge in [-0.3, -0.25) is 4.79 Å². The summed E-state index contributed by atoms with van der Waals surface area (Å²) in [6.45, 7) is 3.06. The molecule has 1 saturated carbocycles. The molecule has 1 aliphatic rings. The minimum absolute atomic E-state index is 0.180. The molecule has 0 saturated heterocycles. The number of hydrogen-bond donors (Lipinski definition) is 1. The van der Waals surface area contributed by atoms with Gasteiger partial charge in [-0.2, -0.15) is 0 Å². The summed E-state index contributed by atoms with van der Waals surface area (Å²) in [6.07, 6.45) is 3.24. The molecule has 1 aromatic rings. The Hall–Kier alpha value is -1.51. The van der Waals surface area contributed by atoms with Gasteiger partial charge >= 0.3 is 5.97 Å². The first-order chi connectivity index (χ1) is 8.65. The van der Waals surface area contributed by atoms with Crippen molar-refractivity contribution < 1.29 is 14.6 Å².